The van der Waals surface area contributed by atoms with Gasteiger partial charge in [-0.05, 0) is 70.0 Å². The van der Waals surface area contributed by atoms with Crippen molar-refractivity contribution in [1.29, 1.82) is 0 Å². The van der Waals surface area contributed by atoms with Crippen molar-refractivity contribution in [2.45, 2.75) is 73.3 Å². The molecular formula is C23H47N3. The van der Waals surface area contributed by atoms with E-state index in [4.69, 9.17) is 0 Å². The highest BCUT2D eigenvalue weighted by molar-refractivity contribution is 4.90. The maximum atomic E-state index is 3.95. The van der Waals surface area contributed by atoms with Gasteiger partial charge in [0, 0.05) is 32.2 Å². The SMILES string of the molecule is C=CC(C)CC(C)(CC)C1CCN(C(C)C)CC1.CCN1CCNCC1. The van der Waals surface area contributed by atoms with E-state index in [1.807, 2.05) is 0 Å². The molecule has 3 heteroatoms. The van der Waals surface area contributed by atoms with Crippen LogP contribution in [0, 0.1) is 17.3 Å². The number of hydrogen-bond donors (Lipinski definition) is 1. The van der Waals surface area contributed by atoms with Crippen LogP contribution in [0.1, 0.15) is 67.2 Å². The third-order valence-corrected chi connectivity index (χ3v) is 6.90. The van der Waals surface area contributed by atoms with Crippen LogP contribution in [-0.2, 0) is 0 Å². The van der Waals surface area contributed by atoms with Crippen LogP contribution in [0.25, 0.3) is 0 Å². The molecule has 3 nitrogen and oxygen atoms in total. The van der Waals surface area contributed by atoms with Gasteiger partial charge in [0.05, 0.1) is 0 Å². The molecule has 0 aliphatic carbocycles. The topological polar surface area (TPSA) is 18.5 Å². The highest BCUT2D eigenvalue weighted by atomic mass is 15.2. The summed E-state index contributed by atoms with van der Waals surface area (Å²) in [5, 5.41) is 3.31. The molecule has 0 aromatic heterocycles. The van der Waals surface area contributed by atoms with Crippen LogP contribution in [0.5, 0.6) is 0 Å². The van der Waals surface area contributed by atoms with Crippen molar-refractivity contribution < 1.29 is 0 Å². The van der Waals surface area contributed by atoms with Crippen molar-refractivity contribution in [1.82, 2.24) is 15.1 Å². The van der Waals surface area contributed by atoms with E-state index in [1.54, 1.807) is 0 Å². The van der Waals surface area contributed by atoms with E-state index >= 15 is 0 Å². The van der Waals surface area contributed by atoms with Crippen LogP contribution in [-0.4, -0.2) is 61.7 Å². The Balaban J connectivity index is 0.000000350. The normalized spacial score (nSPS) is 23.8. The Labute approximate surface area is 164 Å². The minimum absolute atomic E-state index is 0.511. The monoisotopic (exact) mass is 365 g/mol. The number of piperazine rings is 1. The standard InChI is InChI=1S/C17H33N.C6H14N2/c1-7-15(5)13-17(6,8-2)16-9-11-18(12-10-16)14(3)4;1-2-8-5-3-7-4-6-8/h7,14-16H,1,8-13H2,2-6H3;7H,2-6H2,1H3. The second kappa shape index (κ2) is 12.2. The van der Waals surface area contributed by atoms with Crippen LogP contribution >= 0.6 is 0 Å². The van der Waals surface area contributed by atoms with E-state index in [0.29, 0.717) is 17.4 Å². The first-order valence-corrected chi connectivity index (χ1v) is 11.2. The summed E-state index contributed by atoms with van der Waals surface area (Å²) in [4.78, 5) is 5.08. The fraction of sp³-hybridized carbons (Fsp3) is 0.913. The summed E-state index contributed by atoms with van der Waals surface area (Å²) in [6.45, 7) is 26.6. The van der Waals surface area contributed by atoms with Gasteiger partial charge in [0.15, 0.2) is 0 Å². The summed E-state index contributed by atoms with van der Waals surface area (Å²) in [6.07, 6.45) is 7.49. The quantitative estimate of drug-likeness (QED) is 0.663. The Hall–Kier alpha value is -0.380. The second-order valence-electron chi connectivity index (χ2n) is 9.01. The van der Waals surface area contributed by atoms with Gasteiger partial charge in [0.25, 0.3) is 0 Å². The van der Waals surface area contributed by atoms with Gasteiger partial charge in [-0.2, -0.15) is 0 Å². The van der Waals surface area contributed by atoms with Gasteiger partial charge >= 0.3 is 0 Å². The van der Waals surface area contributed by atoms with E-state index in [2.05, 4.69) is 69.3 Å². The average Bonchev–Trinajstić information content (AvgIpc) is 2.68. The maximum absolute atomic E-state index is 3.95. The summed E-state index contributed by atoms with van der Waals surface area (Å²) in [7, 11) is 0. The lowest BCUT2D eigenvalue weighted by molar-refractivity contribution is 0.0576. The molecule has 2 atom stereocenters. The first-order chi connectivity index (χ1) is 12.4. The Morgan fingerprint density at radius 2 is 1.65 bits per heavy atom. The van der Waals surface area contributed by atoms with Gasteiger partial charge in [-0.1, -0.05) is 40.2 Å². The van der Waals surface area contributed by atoms with Crippen molar-refractivity contribution in [3.05, 3.63) is 12.7 Å². The number of rotatable bonds is 7. The molecule has 2 unspecified atom stereocenters. The first kappa shape index (κ1) is 23.7. The molecule has 2 rings (SSSR count). The number of likely N-dealkylation sites (tertiary alicyclic amines) is 1. The lowest BCUT2D eigenvalue weighted by atomic mass is 9.66. The van der Waals surface area contributed by atoms with Crippen LogP contribution in [0.3, 0.4) is 0 Å². The smallest absolute Gasteiger partial charge is 0.0107 e. The molecule has 2 fully saturated rings. The number of likely N-dealkylation sites (N-methyl/N-ethyl adjacent to an activating group) is 1. The molecule has 0 saturated carbocycles. The van der Waals surface area contributed by atoms with Crippen LogP contribution < -0.4 is 5.32 Å². The Morgan fingerprint density at radius 3 is 2.04 bits per heavy atom. The summed E-state index contributed by atoms with van der Waals surface area (Å²) in [6, 6.07) is 0.714. The number of piperidine rings is 1. The number of nitrogens with zero attached hydrogens (tertiary/aromatic N) is 2. The number of hydrogen-bond acceptors (Lipinski definition) is 3. The lowest BCUT2D eigenvalue weighted by Gasteiger charge is -2.44. The third kappa shape index (κ3) is 7.70. The van der Waals surface area contributed by atoms with Crippen molar-refractivity contribution in [3.63, 3.8) is 0 Å². The second-order valence-corrected chi connectivity index (χ2v) is 9.01. The first-order valence-electron chi connectivity index (χ1n) is 11.2. The minimum Gasteiger partial charge on any atom is -0.314 e. The Kier molecular flexibility index (Phi) is 11.1. The molecule has 26 heavy (non-hydrogen) atoms. The highest BCUT2D eigenvalue weighted by Crippen LogP contribution is 2.43. The molecular weight excluding hydrogens is 318 g/mol. The van der Waals surface area contributed by atoms with Gasteiger partial charge in [0.1, 0.15) is 0 Å². The van der Waals surface area contributed by atoms with Crippen molar-refractivity contribution in [2.75, 3.05) is 45.8 Å². The van der Waals surface area contributed by atoms with E-state index in [0.717, 1.165) is 5.92 Å². The van der Waals surface area contributed by atoms with Gasteiger partial charge in [-0.3, -0.25) is 0 Å². The molecule has 0 spiro atoms. The molecule has 0 radical (unpaired) electrons. The van der Waals surface area contributed by atoms with Gasteiger partial charge in [0.2, 0.25) is 0 Å². The molecule has 0 aromatic carbocycles. The summed E-state index contributed by atoms with van der Waals surface area (Å²) < 4.78 is 0. The van der Waals surface area contributed by atoms with Gasteiger partial charge in [-0.15, -0.1) is 6.58 Å². The van der Waals surface area contributed by atoms with E-state index in [9.17, 15) is 0 Å². The minimum atomic E-state index is 0.511. The van der Waals surface area contributed by atoms with E-state index in [1.165, 1.54) is 71.5 Å². The fourth-order valence-corrected chi connectivity index (χ4v) is 4.56. The summed E-state index contributed by atoms with van der Waals surface area (Å²) in [5.74, 6) is 1.55. The molecule has 1 N–H and O–H groups in total. The van der Waals surface area contributed by atoms with Crippen molar-refractivity contribution in [3.8, 4) is 0 Å². The van der Waals surface area contributed by atoms with Gasteiger partial charge in [-0.25, -0.2) is 0 Å². The zero-order valence-electron chi connectivity index (χ0n) is 18.7. The highest BCUT2D eigenvalue weighted by Gasteiger charge is 2.35. The molecule has 2 aliphatic heterocycles. The van der Waals surface area contributed by atoms with E-state index in [-0.39, 0.29) is 0 Å². The molecule has 0 amide bonds. The zero-order chi connectivity index (χ0) is 19.6. The van der Waals surface area contributed by atoms with Crippen molar-refractivity contribution >= 4 is 0 Å². The summed E-state index contributed by atoms with van der Waals surface area (Å²) in [5.41, 5.74) is 0.511. The largest absolute Gasteiger partial charge is 0.314 e. The van der Waals surface area contributed by atoms with Gasteiger partial charge < -0.3 is 15.1 Å². The Morgan fingerprint density at radius 1 is 1.08 bits per heavy atom. The predicted octanol–water partition coefficient (Wildman–Crippen LogP) is 4.65. The Bertz CT molecular complexity index is 368. The molecule has 2 heterocycles. The fourth-order valence-electron chi connectivity index (χ4n) is 4.56. The zero-order valence-corrected chi connectivity index (χ0v) is 18.7. The van der Waals surface area contributed by atoms with E-state index < -0.39 is 0 Å². The maximum Gasteiger partial charge on any atom is 0.0107 e. The molecule has 0 aromatic rings. The molecule has 2 aliphatic rings. The van der Waals surface area contributed by atoms with Crippen LogP contribution in [0.4, 0.5) is 0 Å². The average molecular weight is 366 g/mol. The number of nitrogens with one attached hydrogen (secondary N) is 1. The molecule has 0 bridgehead atoms. The number of allylic oxidation sites excluding steroid dienone is 1. The van der Waals surface area contributed by atoms with Crippen molar-refractivity contribution in [2.24, 2.45) is 17.3 Å². The molecule has 154 valence electrons. The summed E-state index contributed by atoms with van der Waals surface area (Å²) >= 11 is 0. The van der Waals surface area contributed by atoms with Crippen LogP contribution in [0.2, 0.25) is 0 Å². The predicted molar refractivity (Wildman–Crippen MR) is 117 cm³/mol. The third-order valence-electron chi connectivity index (χ3n) is 6.90. The lowest BCUT2D eigenvalue weighted by Crippen LogP contribution is -2.43. The van der Waals surface area contributed by atoms with Crippen LogP contribution in [0.15, 0.2) is 12.7 Å². The molecule has 2 saturated heterocycles.